The van der Waals surface area contributed by atoms with Gasteiger partial charge in [-0.2, -0.15) is 5.10 Å². The maximum atomic E-state index is 13.3. The first-order valence-corrected chi connectivity index (χ1v) is 11.2. The summed E-state index contributed by atoms with van der Waals surface area (Å²) < 4.78 is 1.72. The second kappa shape index (κ2) is 8.08. The summed E-state index contributed by atoms with van der Waals surface area (Å²) in [6.45, 7) is 9.93. The number of aryl methyl sites for hydroxylation is 3. The molecule has 0 spiro atoms. The lowest BCUT2D eigenvalue weighted by molar-refractivity contribution is 0.102. The van der Waals surface area contributed by atoms with Gasteiger partial charge in [-0.15, -0.1) is 0 Å². The van der Waals surface area contributed by atoms with Gasteiger partial charge >= 0.3 is 0 Å². The van der Waals surface area contributed by atoms with Crippen LogP contribution >= 0.6 is 0 Å². The lowest BCUT2D eigenvalue weighted by atomic mass is 10.0. The molecule has 0 saturated carbocycles. The summed E-state index contributed by atoms with van der Waals surface area (Å²) in [4.78, 5) is 29.3. The molecule has 4 aromatic rings. The van der Waals surface area contributed by atoms with Crippen LogP contribution in [0.2, 0.25) is 0 Å². The van der Waals surface area contributed by atoms with Crippen molar-refractivity contribution in [3.8, 4) is 0 Å². The number of carbonyl (C=O) groups excluding carboxylic acids is 1. The summed E-state index contributed by atoms with van der Waals surface area (Å²) in [7, 11) is 1.86. The monoisotopic (exact) mass is 444 g/mol. The summed E-state index contributed by atoms with van der Waals surface area (Å²) >= 11 is 0. The van der Waals surface area contributed by atoms with E-state index in [0.29, 0.717) is 34.8 Å². The second-order valence-corrected chi connectivity index (χ2v) is 9.00. The number of rotatable bonds is 3. The molecule has 3 aromatic heterocycles. The molecule has 1 aliphatic rings. The predicted molar refractivity (Wildman–Crippen MR) is 130 cm³/mol. The van der Waals surface area contributed by atoms with Crippen molar-refractivity contribution in [2.75, 3.05) is 23.3 Å². The van der Waals surface area contributed by atoms with E-state index in [1.165, 1.54) is 0 Å². The Bertz CT molecular complexity index is 1370. The molecule has 9 heteroatoms. The van der Waals surface area contributed by atoms with Crippen LogP contribution in [0.5, 0.6) is 0 Å². The molecule has 170 valence electrons. The first-order chi connectivity index (χ1) is 15.8. The maximum Gasteiger partial charge on any atom is 0.259 e. The molecule has 0 radical (unpaired) electrons. The van der Waals surface area contributed by atoms with Gasteiger partial charge in [-0.3, -0.25) is 9.48 Å². The van der Waals surface area contributed by atoms with Crippen molar-refractivity contribution < 1.29 is 4.79 Å². The first-order valence-electron chi connectivity index (χ1n) is 11.2. The van der Waals surface area contributed by atoms with E-state index in [0.717, 1.165) is 40.8 Å². The third-order valence-corrected chi connectivity index (χ3v) is 6.01. The Hall–Kier alpha value is -3.59. The van der Waals surface area contributed by atoms with Gasteiger partial charge in [0.1, 0.15) is 22.7 Å². The molecule has 33 heavy (non-hydrogen) atoms. The van der Waals surface area contributed by atoms with E-state index in [9.17, 15) is 4.79 Å². The fraction of sp³-hybridized carbons (Fsp3) is 0.375. The summed E-state index contributed by atoms with van der Waals surface area (Å²) in [5.74, 6) is 0.870. The molecule has 4 heterocycles. The van der Waals surface area contributed by atoms with Crippen molar-refractivity contribution in [1.29, 1.82) is 0 Å². The van der Waals surface area contributed by atoms with Crippen molar-refractivity contribution in [3.05, 3.63) is 47.5 Å². The summed E-state index contributed by atoms with van der Waals surface area (Å²) in [6, 6.07) is 6.44. The Labute approximate surface area is 192 Å². The average molecular weight is 445 g/mol. The molecule has 1 amide bonds. The molecule has 1 fully saturated rings. The Balaban J connectivity index is 1.53. The van der Waals surface area contributed by atoms with Crippen LogP contribution in [0, 0.1) is 13.8 Å². The van der Waals surface area contributed by atoms with Crippen LogP contribution in [-0.2, 0) is 7.05 Å². The molecule has 5 rings (SSSR count). The number of carbonyl (C=O) groups is 1. The normalized spacial score (nSPS) is 18.8. The van der Waals surface area contributed by atoms with Gasteiger partial charge in [0.2, 0.25) is 0 Å². The van der Waals surface area contributed by atoms with Crippen molar-refractivity contribution in [2.24, 2.45) is 7.05 Å². The fourth-order valence-corrected chi connectivity index (χ4v) is 4.70. The van der Waals surface area contributed by atoms with Gasteiger partial charge in [0.15, 0.2) is 0 Å². The van der Waals surface area contributed by atoms with Crippen LogP contribution in [0.1, 0.15) is 35.6 Å². The average Bonchev–Trinajstić information content (AvgIpc) is 3.12. The van der Waals surface area contributed by atoms with Gasteiger partial charge in [0.05, 0.1) is 17.3 Å². The van der Waals surface area contributed by atoms with E-state index in [4.69, 9.17) is 0 Å². The Morgan fingerprint density at radius 3 is 2.64 bits per heavy atom. The Kier molecular flexibility index (Phi) is 5.20. The molecule has 1 aromatic carbocycles. The number of hydrogen-bond acceptors (Lipinski definition) is 7. The third-order valence-electron chi connectivity index (χ3n) is 6.01. The number of benzene rings is 1. The Morgan fingerprint density at radius 1 is 1.12 bits per heavy atom. The zero-order valence-electron chi connectivity index (χ0n) is 19.5. The first kappa shape index (κ1) is 21.3. The van der Waals surface area contributed by atoms with Crippen molar-refractivity contribution in [1.82, 2.24) is 30.0 Å². The van der Waals surface area contributed by atoms with E-state index in [1.807, 2.05) is 51.5 Å². The van der Waals surface area contributed by atoms with Crippen LogP contribution < -0.4 is 15.5 Å². The largest absolute Gasteiger partial charge is 0.368 e. The minimum Gasteiger partial charge on any atom is -0.368 e. The highest BCUT2D eigenvalue weighted by atomic mass is 16.1. The molecular formula is C24H28N8O. The van der Waals surface area contributed by atoms with Crippen molar-refractivity contribution in [3.63, 3.8) is 0 Å². The maximum absolute atomic E-state index is 13.3. The van der Waals surface area contributed by atoms with Crippen LogP contribution in [0.25, 0.3) is 21.9 Å². The summed E-state index contributed by atoms with van der Waals surface area (Å²) in [6.07, 6.45) is 3.67. The molecular weight excluding hydrogens is 416 g/mol. The minimum absolute atomic E-state index is 0.248. The van der Waals surface area contributed by atoms with Gasteiger partial charge in [-0.1, -0.05) is 0 Å². The van der Waals surface area contributed by atoms with Gasteiger partial charge in [0.25, 0.3) is 5.91 Å². The summed E-state index contributed by atoms with van der Waals surface area (Å²) in [5, 5.41) is 11.8. The number of anilines is 2. The smallest absolute Gasteiger partial charge is 0.259 e. The molecule has 0 bridgehead atoms. The summed E-state index contributed by atoms with van der Waals surface area (Å²) in [5.41, 5.74) is 4.72. The van der Waals surface area contributed by atoms with E-state index in [-0.39, 0.29) is 5.91 Å². The van der Waals surface area contributed by atoms with Crippen LogP contribution in [-0.4, -0.2) is 55.8 Å². The number of nitrogens with one attached hydrogen (secondary N) is 2. The van der Waals surface area contributed by atoms with Crippen LogP contribution in [0.4, 0.5) is 11.5 Å². The highest BCUT2D eigenvalue weighted by Gasteiger charge is 2.24. The zero-order chi connectivity index (χ0) is 23.3. The molecule has 2 unspecified atom stereocenters. The highest BCUT2D eigenvalue weighted by molar-refractivity contribution is 6.13. The zero-order valence-corrected chi connectivity index (χ0v) is 19.5. The number of aromatic nitrogens is 5. The quantitative estimate of drug-likeness (QED) is 0.501. The van der Waals surface area contributed by atoms with Crippen LogP contribution in [0.3, 0.4) is 0 Å². The molecule has 1 saturated heterocycles. The fourth-order valence-electron chi connectivity index (χ4n) is 4.70. The third kappa shape index (κ3) is 4.00. The van der Waals surface area contributed by atoms with E-state index in [2.05, 4.69) is 49.4 Å². The molecule has 1 aliphatic heterocycles. The van der Waals surface area contributed by atoms with Crippen LogP contribution in [0.15, 0.2) is 30.6 Å². The van der Waals surface area contributed by atoms with E-state index < -0.39 is 0 Å². The standard InChI is InChI=1S/C24H28N8O/c1-13-8-21(28-19-12-31(5)30-22(13)19)29-24(33)17-6-7-20(18-9-25-16(4)27-23(17)18)32-10-14(2)26-15(3)11-32/h6-9,12,14-15,26H,10-11H2,1-5H3,(H,28,29,33). The van der Waals surface area contributed by atoms with Crippen molar-refractivity contribution in [2.45, 2.75) is 39.8 Å². The topological polar surface area (TPSA) is 101 Å². The van der Waals surface area contributed by atoms with E-state index >= 15 is 0 Å². The number of amides is 1. The number of pyridine rings is 1. The number of piperazine rings is 1. The molecule has 9 nitrogen and oxygen atoms in total. The number of nitrogens with zero attached hydrogens (tertiary/aromatic N) is 6. The van der Waals surface area contributed by atoms with Gasteiger partial charge in [0, 0.05) is 49.5 Å². The molecule has 2 N–H and O–H groups in total. The second-order valence-electron chi connectivity index (χ2n) is 9.00. The lowest BCUT2D eigenvalue weighted by Crippen LogP contribution is -2.54. The highest BCUT2D eigenvalue weighted by Crippen LogP contribution is 2.30. The van der Waals surface area contributed by atoms with Gasteiger partial charge in [-0.25, -0.2) is 15.0 Å². The lowest BCUT2D eigenvalue weighted by Gasteiger charge is -2.38. The van der Waals surface area contributed by atoms with Crippen molar-refractivity contribution >= 4 is 39.3 Å². The Morgan fingerprint density at radius 2 is 1.88 bits per heavy atom. The van der Waals surface area contributed by atoms with Gasteiger partial charge in [-0.05, 0) is 51.5 Å². The molecule has 0 aliphatic carbocycles. The molecule has 2 atom stereocenters. The SMILES string of the molecule is Cc1ncc2c(N3CC(C)NC(C)C3)ccc(C(=O)Nc3cc(C)c4nn(C)cc4n3)c2n1. The number of fused-ring (bicyclic) bond motifs is 2. The van der Waals surface area contributed by atoms with E-state index in [1.54, 1.807) is 4.68 Å². The predicted octanol–water partition coefficient (Wildman–Crippen LogP) is 2.97. The van der Waals surface area contributed by atoms with Gasteiger partial charge < -0.3 is 15.5 Å². The number of hydrogen-bond donors (Lipinski definition) is 2. The minimum atomic E-state index is -0.248.